The first kappa shape index (κ1) is 23.2. The Morgan fingerprint density at radius 3 is 2.33 bits per heavy atom. The highest BCUT2D eigenvalue weighted by molar-refractivity contribution is 6.74. The summed E-state index contributed by atoms with van der Waals surface area (Å²) in [5.41, 5.74) is 0.960. The van der Waals surface area contributed by atoms with Gasteiger partial charge in [0.15, 0.2) is 8.32 Å². The van der Waals surface area contributed by atoms with Gasteiger partial charge in [0.2, 0.25) is 0 Å². The number of ether oxygens (including phenoxy) is 1. The molecular weight excluding hydrogens is 354 g/mol. The summed E-state index contributed by atoms with van der Waals surface area (Å²) in [6.07, 6.45) is 3.82. The fourth-order valence-corrected chi connectivity index (χ4v) is 3.35. The first-order valence-corrected chi connectivity index (χ1v) is 12.4. The first-order valence-electron chi connectivity index (χ1n) is 9.45. The Hall–Kier alpha value is -1.85. The Balaban J connectivity index is 2.82. The molecule has 0 aromatic heterocycles. The molecule has 5 heteroatoms. The maximum Gasteiger partial charge on any atom is 0.410 e. The zero-order chi connectivity index (χ0) is 20.5. The van der Waals surface area contributed by atoms with E-state index in [1.807, 2.05) is 36.4 Å². The van der Waals surface area contributed by atoms with Crippen LogP contribution in [0.15, 0.2) is 55.6 Å². The Morgan fingerprint density at radius 1 is 1.19 bits per heavy atom. The van der Waals surface area contributed by atoms with Gasteiger partial charge in [0, 0.05) is 6.54 Å². The predicted molar refractivity (Wildman–Crippen MR) is 115 cm³/mol. The molecular formula is C22H35NO3Si. The number of hydrogen-bond acceptors (Lipinski definition) is 3. The molecule has 0 aliphatic rings. The van der Waals surface area contributed by atoms with Crippen molar-refractivity contribution in [2.45, 2.75) is 58.0 Å². The van der Waals surface area contributed by atoms with Crippen molar-refractivity contribution in [1.29, 1.82) is 0 Å². The summed E-state index contributed by atoms with van der Waals surface area (Å²) >= 11 is 0. The summed E-state index contributed by atoms with van der Waals surface area (Å²) in [4.78, 5) is 14.4. The van der Waals surface area contributed by atoms with Gasteiger partial charge < -0.3 is 9.16 Å². The minimum atomic E-state index is -1.91. The lowest BCUT2D eigenvalue weighted by molar-refractivity contribution is 0.0717. The summed E-state index contributed by atoms with van der Waals surface area (Å²) in [5, 5.41) is 0.114. The molecule has 1 rings (SSSR count). The van der Waals surface area contributed by atoms with Gasteiger partial charge in [-0.3, -0.25) is 4.90 Å². The van der Waals surface area contributed by atoms with E-state index in [0.29, 0.717) is 19.6 Å². The fourth-order valence-electron chi connectivity index (χ4n) is 2.31. The van der Waals surface area contributed by atoms with Gasteiger partial charge in [-0.05, 0) is 30.1 Å². The molecule has 0 spiro atoms. The van der Waals surface area contributed by atoms with Gasteiger partial charge in [0.25, 0.3) is 0 Å². The Morgan fingerprint density at radius 2 is 1.81 bits per heavy atom. The lowest BCUT2D eigenvalue weighted by atomic mass is 10.2. The second kappa shape index (κ2) is 10.5. The molecule has 1 aromatic rings. The molecule has 0 radical (unpaired) electrons. The molecule has 0 bridgehead atoms. The van der Waals surface area contributed by atoms with Gasteiger partial charge in [-0.15, -0.1) is 13.2 Å². The lowest BCUT2D eigenvalue weighted by Crippen LogP contribution is -2.48. The molecule has 0 aliphatic carbocycles. The van der Waals surface area contributed by atoms with Gasteiger partial charge in [-0.2, -0.15) is 0 Å². The van der Waals surface area contributed by atoms with Crippen LogP contribution >= 0.6 is 0 Å². The number of rotatable bonds is 10. The molecule has 4 nitrogen and oxygen atoms in total. The summed E-state index contributed by atoms with van der Waals surface area (Å²) in [7, 11) is -1.91. The average Bonchev–Trinajstić information content (AvgIpc) is 2.61. The third kappa shape index (κ3) is 7.35. The fraction of sp³-hybridized carbons (Fsp3) is 0.500. The van der Waals surface area contributed by atoms with Crippen molar-refractivity contribution in [2.24, 2.45) is 0 Å². The zero-order valence-electron chi connectivity index (χ0n) is 17.5. The second-order valence-electron chi connectivity index (χ2n) is 8.23. The zero-order valence-corrected chi connectivity index (χ0v) is 18.5. The van der Waals surface area contributed by atoms with E-state index in [1.165, 1.54) is 0 Å². The van der Waals surface area contributed by atoms with Crippen LogP contribution in [0.5, 0.6) is 0 Å². The van der Waals surface area contributed by atoms with E-state index in [1.54, 1.807) is 11.0 Å². The molecule has 0 heterocycles. The highest BCUT2D eigenvalue weighted by Crippen LogP contribution is 2.36. The number of hydrogen-bond donors (Lipinski definition) is 0. The number of amides is 1. The summed E-state index contributed by atoms with van der Waals surface area (Å²) in [6, 6.07) is 9.54. The monoisotopic (exact) mass is 389 g/mol. The van der Waals surface area contributed by atoms with E-state index in [2.05, 4.69) is 47.0 Å². The first-order chi connectivity index (χ1) is 12.6. The molecule has 150 valence electrons. The summed E-state index contributed by atoms with van der Waals surface area (Å²) in [6.45, 7) is 19.8. The number of nitrogens with zero attached hydrogens (tertiary/aromatic N) is 1. The van der Waals surface area contributed by atoms with E-state index in [4.69, 9.17) is 9.16 Å². The summed E-state index contributed by atoms with van der Waals surface area (Å²) < 4.78 is 11.9. The number of carbonyl (C=O) groups excluding carboxylic acids is 1. The topological polar surface area (TPSA) is 38.8 Å². The Labute approximate surface area is 166 Å². The molecule has 1 amide bonds. The largest absolute Gasteiger partial charge is 0.445 e. The average molecular weight is 390 g/mol. The second-order valence-corrected chi connectivity index (χ2v) is 13.0. The third-order valence-corrected chi connectivity index (χ3v) is 9.59. The maximum absolute atomic E-state index is 12.7. The van der Waals surface area contributed by atoms with Gasteiger partial charge in [0.05, 0.1) is 12.6 Å². The Kier molecular flexibility index (Phi) is 8.99. The molecule has 0 saturated carbocycles. The van der Waals surface area contributed by atoms with Crippen molar-refractivity contribution in [3.8, 4) is 0 Å². The highest BCUT2D eigenvalue weighted by atomic mass is 28.4. The SMILES string of the molecule is C=CC[C@@H](CO[Si](C)(C)C(C)(C)C)N(CC=C)C(=O)OCc1ccccc1. The van der Waals surface area contributed by atoms with Gasteiger partial charge in [0.1, 0.15) is 6.61 Å². The maximum atomic E-state index is 12.7. The van der Waals surface area contributed by atoms with Gasteiger partial charge in [-0.25, -0.2) is 4.79 Å². The van der Waals surface area contributed by atoms with Crippen molar-refractivity contribution < 1.29 is 14.0 Å². The lowest BCUT2D eigenvalue weighted by Gasteiger charge is -2.39. The van der Waals surface area contributed by atoms with E-state index in [9.17, 15) is 4.79 Å². The van der Waals surface area contributed by atoms with Crippen molar-refractivity contribution >= 4 is 14.4 Å². The van der Waals surface area contributed by atoms with Crippen LogP contribution < -0.4 is 0 Å². The minimum Gasteiger partial charge on any atom is -0.445 e. The van der Waals surface area contributed by atoms with E-state index in [0.717, 1.165) is 5.56 Å². The van der Waals surface area contributed by atoms with Crippen LogP contribution in [0.25, 0.3) is 0 Å². The van der Waals surface area contributed by atoms with Crippen molar-refractivity contribution in [3.63, 3.8) is 0 Å². The van der Waals surface area contributed by atoms with Crippen molar-refractivity contribution in [1.82, 2.24) is 4.90 Å². The molecule has 0 aliphatic heterocycles. The van der Waals surface area contributed by atoms with Crippen LogP contribution in [0.2, 0.25) is 18.1 Å². The van der Waals surface area contributed by atoms with E-state index >= 15 is 0 Å². The van der Waals surface area contributed by atoms with Crippen LogP contribution in [0.3, 0.4) is 0 Å². The molecule has 1 atom stereocenters. The molecule has 0 unspecified atom stereocenters. The molecule has 1 aromatic carbocycles. The van der Waals surface area contributed by atoms with Crippen molar-refractivity contribution in [3.05, 3.63) is 61.2 Å². The van der Waals surface area contributed by atoms with Crippen LogP contribution in [0.1, 0.15) is 32.8 Å². The normalized spacial score (nSPS) is 12.9. The smallest absolute Gasteiger partial charge is 0.410 e. The van der Waals surface area contributed by atoms with Gasteiger partial charge >= 0.3 is 6.09 Å². The van der Waals surface area contributed by atoms with E-state index in [-0.39, 0.29) is 23.8 Å². The molecule has 0 N–H and O–H groups in total. The van der Waals surface area contributed by atoms with Gasteiger partial charge in [-0.1, -0.05) is 63.3 Å². The molecule has 27 heavy (non-hydrogen) atoms. The summed E-state index contributed by atoms with van der Waals surface area (Å²) in [5.74, 6) is 0. The Bertz CT molecular complexity index is 608. The number of carbonyl (C=O) groups is 1. The number of benzene rings is 1. The van der Waals surface area contributed by atoms with Crippen LogP contribution in [0, 0.1) is 0 Å². The van der Waals surface area contributed by atoms with Crippen molar-refractivity contribution in [2.75, 3.05) is 13.2 Å². The quantitative estimate of drug-likeness (QED) is 0.376. The molecule has 0 saturated heterocycles. The molecule has 0 fully saturated rings. The highest BCUT2D eigenvalue weighted by Gasteiger charge is 2.38. The van der Waals surface area contributed by atoms with Crippen LogP contribution in [-0.2, 0) is 15.8 Å². The predicted octanol–water partition coefficient (Wildman–Crippen LogP) is 5.78. The minimum absolute atomic E-state index is 0.114. The van der Waals surface area contributed by atoms with Crippen LogP contribution in [0.4, 0.5) is 4.79 Å². The van der Waals surface area contributed by atoms with E-state index < -0.39 is 8.32 Å². The third-order valence-electron chi connectivity index (χ3n) is 5.09. The van der Waals surface area contributed by atoms with Crippen LogP contribution in [-0.4, -0.2) is 38.5 Å². The standard InChI is InChI=1S/C22H35NO3Si/c1-8-13-20(18-26-27(6,7)22(3,4)5)23(16-9-2)21(24)25-17-19-14-11-10-12-15-19/h8-12,14-15,20H,1-2,13,16-18H2,3-7H3/t20-/m0/s1.